The molecule has 0 saturated heterocycles. The second kappa shape index (κ2) is 4.18. The quantitative estimate of drug-likeness (QED) is 0.887. The van der Waals surface area contributed by atoms with E-state index in [0.29, 0.717) is 17.6 Å². The third-order valence-corrected chi connectivity index (χ3v) is 4.12. The smallest absolute Gasteiger partial charge is 0.143 e. The predicted octanol–water partition coefficient (Wildman–Crippen LogP) is 3.60. The number of halogens is 1. The molecule has 0 aliphatic heterocycles. The second-order valence-corrected chi connectivity index (χ2v) is 5.47. The fraction of sp³-hybridized carbons (Fsp3) is 0.571. The third kappa shape index (κ3) is 1.94. The van der Waals surface area contributed by atoms with Crippen molar-refractivity contribution in [2.45, 2.75) is 44.1 Å². The highest BCUT2D eigenvalue weighted by atomic mass is 35.5. The monoisotopic (exact) mass is 252 g/mol. The molecule has 1 aromatic carbocycles. The van der Waals surface area contributed by atoms with Crippen LogP contribution in [0.3, 0.4) is 0 Å². The molecule has 0 spiro atoms. The lowest BCUT2D eigenvalue weighted by molar-refractivity contribution is 0.273. The predicted molar refractivity (Wildman–Crippen MR) is 67.9 cm³/mol. The Morgan fingerprint density at radius 2 is 1.94 bits per heavy atom. The molecular formula is C14H17ClO2. The molecule has 2 saturated carbocycles. The molecule has 0 aromatic heterocycles. The van der Waals surface area contributed by atoms with Crippen molar-refractivity contribution in [2.75, 3.05) is 7.11 Å². The maximum atomic E-state index is 9.41. The molecule has 2 aliphatic rings. The average molecular weight is 253 g/mol. The first-order valence-corrected chi connectivity index (χ1v) is 6.64. The van der Waals surface area contributed by atoms with E-state index in [0.717, 1.165) is 10.6 Å². The van der Waals surface area contributed by atoms with E-state index in [4.69, 9.17) is 16.3 Å². The van der Waals surface area contributed by atoms with Crippen molar-refractivity contribution < 1.29 is 9.84 Å². The summed E-state index contributed by atoms with van der Waals surface area (Å²) in [6, 6.07) is 2.11. The lowest BCUT2D eigenvalue weighted by Gasteiger charge is -2.17. The van der Waals surface area contributed by atoms with E-state index < -0.39 is 0 Å². The largest absolute Gasteiger partial charge is 0.495 e. The maximum absolute atomic E-state index is 9.41. The molecule has 0 unspecified atom stereocenters. The van der Waals surface area contributed by atoms with Crippen LogP contribution in [0.15, 0.2) is 6.07 Å². The zero-order chi connectivity index (χ0) is 12.0. The number of aliphatic hydroxyl groups is 1. The van der Waals surface area contributed by atoms with Gasteiger partial charge in [0.2, 0.25) is 0 Å². The van der Waals surface area contributed by atoms with Gasteiger partial charge < -0.3 is 9.84 Å². The molecule has 17 heavy (non-hydrogen) atoms. The van der Waals surface area contributed by atoms with Gasteiger partial charge in [-0.3, -0.25) is 0 Å². The van der Waals surface area contributed by atoms with Gasteiger partial charge >= 0.3 is 0 Å². The molecule has 0 heterocycles. The van der Waals surface area contributed by atoms with E-state index in [9.17, 15) is 5.11 Å². The van der Waals surface area contributed by atoms with E-state index in [1.807, 2.05) is 0 Å². The molecule has 0 atom stereocenters. The van der Waals surface area contributed by atoms with Crippen LogP contribution in [-0.4, -0.2) is 12.2 Å². The van der Waals surface area contributed by atoms with Gasteiger partial charge in [0.25, 0.3) is 0 Å². The molecule has 0 radical (unpaired) electrons. The minimum absolute atomic E-state index is 0.00639. The molecule has 1 aromatic rings. The first kappa shape index (κ1) is 11.4. The molecule has 2 fully saturated rings. The molecule has 2 aliphatic carbocycles. The summed E-state index contributed by atoms with van der Waals surface area (Å²) in [4.78, 5) is 0. The number of methoxy groups -OCH3 is 1. The van der Waals surface area contributed by atoms with Crippen LogP contribution in [0.1, 0.15) is 54.2 Å². The Bertz CT molecular complexity index is 448. The minimum Gasteiger partial charge on any atom is -0.495 e. The highest BCUT2D eigenvalue weighted by Crippen LogP contribution is 2.54. The van der Waals surface area contributed by atoms with Gasteiger partial charge in [-0.15, -0.1) is 0 Å². The number of hydrogen-bond acceptors (Lipinski definition) is 2. The highest BCUT2D eigenvalue weighted by molar-refractivity contribution is 6.33. The summed E-state index contributed by atoms with van der Waals surface area (Å²) in [5.41, 5.74) is 3.48. The van der Waals surface area contributed by atoms with E-state index in [2.05, 4.69) is 6.07 Å². The fourth-order valence-electron chi connectivity index (χ4n) is 2.58. The number of ether oxygens (including phenoxy) is 1. The van der Waals surface area contributed by atoms with Gasteiger partial charge in [0.1, 0.15) is 5.75 Å². The van der Waals surface area contributed by atoms with Gasteiger partial charge in [0, 0.05) is 5.56 Å². The Kier molecular flexibility index (Phi) is 2.80. The van der Waals surface area contributed by atoms with Crippen LogP contribution in [-0.2, 0) is 6.61 Å². The Balaban J connectivity index is 2.16. The fourth-order valence-corrected chi connectivity index (χ4v) is 3.04. The van der Waals surface area contributed by atoms with Crippen molar-refractivity contribution in [1.82, 2.24) is 0 Å². The summed E-state index contributed by atoms with van der Waals surface area (Å²) in [7, 11) is 1.62. The van der Waals surface area contributed by atoms with E-state index in [1.165, 1.54) is 36.8 Å². The van der Waals surface area contributed by atoms with E-state index >= 15 is 0 Å². The first-order valence-electron chi connectivity index (χ1n) is 6.26. The van der Waals surface area contributed by atoms with Gasteiger partial charge in [-0.05, 0) is 54.7 Å². The Morgan fingerprint density at radius 3 is 2.41 bits per heavy atom. The van der Waals surface area contributed by atoms with Gasteiger partial charge in [-0.1, -0.05) is 11.6 Å². The zero-order valence-corrected chi connectivity index (χ0v) is 10.8. The van der Waals surface area contributed by atoms with Crippen LogP contribution >= 0.6 is 11.6 Å². The summed E-state index contributed by atoms with van der Waals surface area (Å²) in [5, 5.41) is 10.1. The number of aliphatic hydroxyl groups excluding tert-OH is 1. The van der Waals surface area contributed by atoms with Crippen molar-refractivity contribution in [2.24, 2.45) is 0 Å². The van der Waals surface area contributed by atoms with Crippen molar-refractivity contribution in [3.8, 4) is 5.75 Å². The zero-order valence-electron chi connectivity index (χ0n) is 10.0. The molecule has 1 N–H and O–H groups in total. The normalized spacial score (nSPS) is 19.5. The maximum Gasteiger partial charge on any atom is 0.143 e. The summed E-state index contributed by atoms with van der Waals surface area (Å²) in [5.74, 6) is 1.96. The Labute approximate surface area is 107 Å². The molecule has 0 amide bonds. The Morgan fingerprint density at radius 1 is 1.29 bits per heavy atom. The molecule has 0 bridgehead atoms. The van der Waals surface area contributed by atoms with Crippen molar-refractivity contribution >= 4 is 11.6 Å². The van der Waals surface area contributed by atoms with Crippen molar-refractivity contribution in [3.05, 3.63) is 27.8 Å². The summed E-state index contributed by atoms with van der Waals surface area (Å²) >= 11 is 6.47. The van der Waals surface area contributed by atoms with Crippen LogP contribution in [0.4, 0.5) is 0 Å². The summed E-state index contributed by atoms with van der Waals surface area (Å²) in [6.45, 7) is -0.00639. The number of rotatable bonds is 4. The lowest BCUT2D eigenvalue weighted by atomic mass is 9.96. The van der Waals surface area contributed by atoms with Crippen LogP contribution in [0, 0.1) is 0 Å². The minimum atomic E-state index is -0.00639. The molecule has 3 heteroatoms. The standard InChI is InChI=1S/C14H17ClO2/c1-17-14-10(7-16)6-11(8-2-3-8)12(13(14)15)9-4-5-9/h6,8-9,16H,2-5,7H2,1H3. The lowest BCUT2D eigenvalue weighted by Crippen LogP contribution is -2.00. The van der Waals surface area contributed by atoms with Crippen LogP contribution < -0.4 is 4.74 Å². The van der Waals surface area contributed by atoms with Gasteiger partial charge in [-0.25, -0.2) is 0 Å². The van der Waals surface area contributed by atoms with Crippen LogP contribution in [0.5, 0.6) is 5.75 Å². The summed E-state index contributed by atoms with van der Waals surface area (Å²) in [6.07, 6.45) is 4.99. The third-order valence-electron chi connectivity index (χ3n) is 3.75. The highest BCUT2D eigenvalue weighted by Gasteiger charge is 2.36. The number of benzene rings is 1. The molecule has 2 nitrogen and oxygen atoms in total. The van der Waals surface area contributed by atoms with Gasteiger partial charge in [-0.2, -0.15) is 0 Å². The van der Waals surface area contributed by atoms with Gasteiger partial charge in [0.05, 0.1) is 18.7 Å². The topological polar surface area (TPSA) is 29.5 Å². The van der Waals surface area contributed by atoms with Crippen LogP contribution in [0.25, 0.3) is 0 Å². The second-order valence-electron chi connectivity index (χ2n) is 5.09. The van der Waals surface area contributed by atoms with Crippen LogP contribution in [0.2, 0.25) is 5.02 Å². The SMILES string of the molecule is COc1c(CO)cc(C2CC2)c(C2CC2)c1Cl. The number of hydrogen-bond donors (Lipinski definition) is 1. The first-order chi connectivity index (χ1) is 8.26. The average Bonchev–Trinajstić information content (AvgIpc) is 3.17. The van der Waals surface area contributed by atoms with E-state index in [-0.39, 0.29) is 6.61 Å². The molecular weight excluding hydrogens is 236 g/mol. The van der Waals surface area contributed by atoms with Gasteiger partial charge in [0.15, 0.2) is 0 Å². The van der Waals surface area contributed by atoms with Crippen molar-refractivity contribution in [1.29, 1.82) is 0 Å². The van der Waals surface area contributed by atoms with E-state index in [1.54, 1.807) is 7.11 Å². The summed E-state index contributed by atoms with van der Waals surface area (Å²) < 4.78 is 5.35. The molecule has 3 rings (SSSR count). The Hall–Kier alpha value is -0.730. The molecule has 92 valence electrons. The van der Waals surface area contributed by atoms with Crippen molar-refractivity contribution in [3.63, 3.8) is 0 Å².